The van der Waals surface area contributed by atoms with Crippen LogP contribution in [-0.4, -0.2) is 82.2 Å². The largest absolute Gasteiger partial charge is 0.507 e. The van der Waals surface area contributed by atoms with Gasteiger partial charge in [0.1, 0.15) is 11.6 Å². The molecule has 4 rings (SSSR count). The quantitative estimate of drug-likeness (QED) is 0.510. The summed E-state index contributed by atoms with van der Waals surface area (Å²) in [6.45, 7) is 8.06. The first-order chi connectivity index (χ1) is 16.0. The van der Waals surface area contributed by atoms with Gasteiger partial charge in [-0.1, -0.05) is 13.0 Å². The summed E-state index contributed by atoms with van der Waals surface area (Å²) in [6.07, 6.45) is 6.49. The fraction of sp³-hybridized carbons (Fsp3) is 0.458. The van der Waals surface area contributed by atoms with Crippen molar-refractivity contribution in [3.63, 3.8) is 0 Å². The monoisotopic (exact) mass is 451 g/mol. The number of hydrogen-bond acceptors (Lipinski definition) is 8. The van der Waals surface area contributed by atoms with Gasteiger partial charge in [0.2, 0.25) is 0 Å². The number of rotatable bonds is 9. The minimum absolute atomic E-state index is 0.0740. The molecular weight excluding hydrogens is 418 g/mol. The van der Waals surface area contributed by atoms with Gasteiger partial charge in [-0.05, 0) is 30.2 Å². The molecule has 0 aliphatic carbocycles. The van der Waals surface area contributed by atoms with Gasteiger partial charge >= 0.3 is 0 Å². The Hall–Kier alpha value is -3.01. The molecule has 0 saturated carbocycles. The molecule has 1 atom stereocenters. The molecule has 2 aromatic heterocycles. The maximum Gasteiger partial charge on any atom is 0.165 e. The fourth-order valence-corrected chi connectivity index (χ4v) is 3.86. The molecule has 1 aliphatic rings. The Morgan fingerprint density at radius 3 is 2.79 bits per heavy atom. The van der Waals surface area contributed by atoms with Gasteiger partial charge in [-0.25, -0.2) is 9.97 Å². The van der Waals surface area contributed by atoms with Crippen molar-refractivity contribution < 1.29 is 9.84 Å². The van der Waals surface area contributed by atoms with Crippen LogP contribution in [-0.2, 0) is 11.3 Å². The van der Waals surface area contributed by atoms with Gasteiger partial charge in [0.25, 0.3) is 0 Å². The van der Waals surface area contributed by atoms with Gasteiger partial charge in [0.05, 0.1) is 31.5 Å². The van der Waals surface area contributed by atoms with Crippen LogP contribution in [0.25, 0.3) is 22.5 Å². The van der Waals surface area contributed by atoms with Crippen molar-refractivity contribution in [2.75, 3.05) is 51.3 Å². The third kappa shape index (κ3) is 5.87. The van der Waals surface area contributed by atoms with E-state index in [9.17, 15) is 5.11 Å². The molecule has 3 N–H and O–H groups in total. The van der Waals surface area contributed by atoms with Crippen molar-refractivity contribution in [1.29, 1.82) is 0 Å². The third-order valence-electron chi connectivity index (χ3n) is 6.02. The van der Waals surface area contributed by atoms with E-state index in [1.165, 1.54) is 0 Å². The third-order valence-corrected chi connectivity index (χ3v) is 6.02. The van der Waals surface area contributed by atoms with Crippen molar-refractivity contribution in [2.45, 2.75) is 25.9 Å². The van der Waals surface area contributed by atoms with Crippen molar-refractivity contribution in [3.05, 3.63) is 42.9 Å². The first-order valence-electron chi connectivity index (χ1n) is 11.5. The van der Waals surface area contributed by atoms with Crippen LogP contribution in [0, 0.1) is 0 Å². The van der Waals surface area contributed by atoms with Gasteiger partial charge in [0, 0.05) is 57.2 Å². The number of nitrogens with zero attached hydrogens (tertiary/aromatic N) is 6. The highest BCUT2D eigenvalue weighted by molar-refractivity contribution is 5.74. The topological polar surface area (TPSA) is 106 Å². The lowest BCUT2D eigenvalue weighted by Crippen LogP contribution is -2.38. The Labute approximate surface area is 194 Å². The molecule has 0 amide bonds. The lowest BCUT2D eigenvalue weighted by atomic mass is 10.0. The number of benzene rings is 1. The first kappa shape index (κ1) is 23.2. The number of phenols is 1. The Kier molecular flexibility index (Phi) is 7.54. The van der Waals surface area contributed by atoms with Crippen LogP contribution in [0.15, 0.2) is 42.9 Å². The van der Waals surface area contributed by atoms with Gasteiger partial charge in [0.15, 0.2) is 5.82 Å². The number of anilines is 1. The zero-order valence-corrected chi connectivity index (χ0v) is 19.4. The highest BCUT2D eigenvalue weighted by Gasteiger charge is 2.14. The van der Waals surface area contributed by atoms with Crippen LogP contribution < -0.4 is 10.6 Å². The van der Waals surface area contributed by atoms with Gasteiger partial charge in [-0.2, -0.15) is 5.10 Å². The molecule has 0 bridgehead atoms. The summed E-state index contributed by atoms with van der Waals surface area (Å²) < 4.78 is 7.37. The lowest BCUT2D eigenvalue weighted by Gasteiger charge is -2.26. The summed E-state index contributed by atoms with van der Waals surface area (Å²) in [7, 11) is 1.96. The van der Waals surface area contributed by atoms with Crippen molar-refractivity contribution in [2.24, 2.45) is 5.73 Å². The Bertz CT molecular complexity index is 1050. The summed E-state index contributed by atoms with van der Waals surface area (Å²) in [5.74, 6) is 1.39. The molecule has 1 aromatic carbocycles. The summed E-state index contributed by atoms with van der Waals surface area (Å²) >= 11 is 0. The summed E-state index contributed by atoms with van der Waals surface area (Å²) in [6, 6.07) is 7.41. The fourth-order valence-electron chi connectivity index (χ4n) is 3.86. The first-order valence-corrected chi connectivity index (χ1v) is 11.5. The molecular formula is C24H33N7O2. The Morgan fingerprint density at radius 2 is 2.00 bits per heavy atom. The van der Waals surface area contributed by atoms with Gasteiger partial charge < -0.3 is 20.5 Å². The van der Waals surface area contributed by atoms with Crippen molar-refractivity contribution in [3.8, 4) is 28.3 Å². The number of aromatic hydroxyl groups is 1. The molecule has 1 fully saturated rings. The highest BCUT2D eigenvalue weighted by atomic mass is 16.5. The minimum atomic E-state index is 0.0740. The van der Waals surface area contributed by atoms with E-state index in [0.29, 0.717) is 17.9 Å². The number of morpholine rings is 1. The van der Waals surface area contributed by atoms with Crippen LogP contribution in [0.5, 0.6) is 5.75 Å². The molecule has 3 heterocycles. The van der Waals surface area contributed by atoms with E-state index < -0.39 is 0 Å². The molecule has 1 aliphatic heterocycles. The lowest BCUT2D eigenvalue weighted by molar-refractivity contribution is 0.0360. The minimum Gasteiger partial charge on any atom is -0.507 e. The Morgan fingerprint density at radius 1 is 1.18 bits per heavy atom. The summed E-state index contributed by atoms with van der Waals surface area (Å²) in [4.78, 5) is 13.5. The van der Waals surface area contributed by atoms with E-state index in [2.05, 4.69) is 26.9 Å². The smallest absolute Gasteiger partial charge is 0.165 e. The summed E-state index contributed by atoms with van der Waals surface area (Å²) in [5.41, 5.74) is 8.62. The second-order valence-electron chi connectivity index (χ2n) is 8.47. The van der Waals surface area contributed by atoms with E-state index in [1.54, 1.807) is 12.3 Å². The normalized spacial score (nSPS) is 15.5. The van der Waals surface area contributed by atoms with Gasteiger partial charge in [-0.15, -0.1) is 0 Å². The molecule has 0 radical (unpaired) electrons. The van der Waals surface area contributed by atoms with Gasteiger partial charge in [-0.3, -0.25) is 9.58 Å². The zero-order chi connectivity index (χ0) is 23.2. The van der Waals surface area contributed by atoms with E-state index in [0.717, 1.165) is 62.8 Å². The van der Waals surface area contributed by atoms with E-state index >= 15 is 0 Å². The molecule has 1 unspecified atom stereocenters. The van der Waals surface area contributed by atoms with E-state index in [4.69, 9.17) is 10.5 Å². The summed E-state index contributed by atoms with van der Waals surface area (Å²) in [5, 5.41) is 15.1. The second kappa shape index (κ2) is 10.7. The number of nitrogens with two attached hydrogens (primary N) is 1. The Balaban J connectivity index is 1.50. The SMILES string of the molecule is CCC(N)CN(C)c1ccnc(-c2cc(-c3cnn(CCN4CCOCC4)c3)ccc2O)n1. The van der Waals surface area contributed by atoms with Crippen LogP contribution in [0.2, 0.25) is 0 Å². The maximum atomic E-state index is 10.5. The molecule has 3 aromatic rings. The zero-order valence-electron chi connectivity index (χ0n) is 19.4. The van der Waals surface area contributed by atoms with Crippen LogP contribution >= 0.6 is 0 Å². The number of hydrogen-bond donors (Lipinski definition) is 2. The van der Waals surface area contributed by atoms with Crippen LogP contribution in [0.4, 0.5) is 5.82 Å². The standard InChI is InChI=1S/C24H33N7O2/c1-3-20(25)17-29(2)23-6-7-26-24(28-23)21-14-18(4-5-22(21)32)19-15-27-31(16-19)9-8-30-10-12-33-13-11-30/h4-7,14-16,20,32H,3,8-13,17,25H2,1-2H3. The molecule has 0 spiro atoms. The maximum absolute atomic E-state index is 10.5. The molecule has 33 heavy (non-hydrogen) atoms. The molecule has 1 saturated heterocycles. The average Bonchev–Trinajstić information content (AvgIpc) is 3.33. The van der Waals surface area contributed by atoms with Crippen molar-refractivity contribution in [1.82, 2.24) is 24.6 Å². The predicted molar refractivity (Wildman–Crippen MR) is 129 cm³/mol. The molecule has 176 valence electrons. The average molecular weight is 452 g/mol. The second-order valence-corrected chi connectivity index (χ2v) is 8.47. The number of phenolic OH excluding ortho intramolecular Hbond substituents is 1. The molecule has 9 nitrogen and oxygen atoms in total. The molecule has 9 heteroatoms. The van der Waals surface area contributed by atoms with Crippen LogP contribution in [0.1, 0.15) is 13.3 Å². The van der Waals surface area contributed by atoms with E-state index in [1.807, 2.05) is 47.2 Å². The highest BCUT2D eigenvalue weighted by Crippen LogP contribution is 2.32. The van der Waals surface area contributed by atoms with Crippen LogP contribution in [0.3, 0.4) is 0 Å². The number of aromatic nitrogens is 4. The van der Waals surface area contributed by atoms with Crippen molar-refractivity contribution >= 4 is 5.82 Å². The number of ether oxygens (including phenoxy) is 1. The predicted octanol–water partition coefficient (Wildman–Crippen LogP) is 2.22. The number of likely N-dealkylation sites (N-methyl/N-ethyl adjacent to an activating group) is 1. The van der Waals surface area contributed by atoms with E-state index in [-0.39, 0.29) is 11.8 Å².